The lowest BCUT2D eigenvalue weighted by Gasteiger charge is -2.14. The molecule has 0 fully saturated rings. The first-order valence-electron chi connectivity index (χ1n) is 10.4. The zero-order chi connectivity index (χ0) is 22.7. The Labute approximate surface area is 186 Å². The van der Waals surface area contributed by atoms with Crippen LogP contribution in [0.15, 0.2) is 71.5 Å². The number of aryl methyl sites for hydroxylation is 2. The van der Waals surface area contributed by atoms with Crippen LogP contribution in [0.5, 0.6) is 5.75 Å². The molecule has 1 N–H and O–H groups in total. The van der Waals surface area contributed by atoms with Crippen molar-refractivity contribution >= 4 is 16.7 Å². The van der Waals surface area contributed by atoms with E-state index in [0.29, 0.717) is 23.4 Å². The Morgan fingerprint density at radius 3 is 2.50 bits per heavy atom. The van der Waals surface area contributed by atoms with Crippen LogP contribution in [0.25, 0.3) is 22.0 Å². The van der Waals surface area contributed by atoms with E-state index in [4.69, 9.17) is 4.74 Å². The number of carbonyl (C=O) groups is 1. The molecule has 0 unspecified atom stereocenters. The minimum absolute atomic E-state index is 0.170. The predicted molar refractivity (Wildman–Crippen MR) is 126 cm³/mol. The summed E-state index contributed by atoms with van der Waals surface area (Å²) in [6.07, 6.45) is 0. The van der Waals surface area contributed by atoms with Gasteiger partial charge in [0.1, 0.15) is 12.3 Å². The van der Waals surface area contributed by atoms with Crippen LogP contribution in [-0.4, -0.2) is 22.8 Å². The summed E-state index contributed by atoms with van der Waals surface area (Å²) in [6, 6.07) is 21.0. The molecule has 0 aliphatic rings. The van der Waals surface area contributed by atoms with E-state index in [2.05, 4.69) is 16.5 Å². The number of methoxy groups -OCH3 is 1. The molecule has 0 aliphatic carbocycles. The molecule has 1 amide bonds. The molecule has 4 aromatic rings. The Hall–Kier alpha value is -3.93. The molecule has 0 spiro atoms. The first-order valence-corrected chi connectivity index (χ1v) is 10.4. The number of nitrogens with one attached hydrogen (secondary N) is 1. The van der Waals surface area contributed by atoms with Gasteiger partial charge in [-0.25, -0.2) is 4.68 Å². The summed E-state index contributed by atoms with van der Waals surface area (Å²) in [5, 5.41) is 8.79. The standard InChI is InChI=1S/C26H25N3O3/c1-17-12-13-18(2)22(14-17)25-20-9-5-6-10-21(20)26(31)29(28-25)16-24(30)27-15-19-8-4-7-11-23(19)32-3/h4-14H,15-16H2,1-3H3,(H,27,30). The maximum absolute atomic E-state index is 13.1. The molecular weight excluding hydrogens is 402 g/mol. The fourth-order valence-corrected chi connectivity index (χ4v) is 3.77. The summed E-state index contributed by atoms with van der Waals surface area (Å²) >= 11 is 0. The van der Waals surface area contributed by atoms with Gasteiger partial charge in [-0.3, -0.25) is 9.59 Å². The zero-order valence-electron chi connectivity index (χ0n) is 18.4. The van der Waals surface area contributed by atoms with E-state index in [1.807, 2.05) is 68.4 Å². The fourth-order valence-electron chi connectivity index (χ4n) is 3.77. The Bertz CT molecular complexity index is 1360. The number of rotatable bonds is 6. The summed E-state index contributed by atoms with van der Waals surface area (Å²) in [4.78, 5) is 25.8. The minimum Gasteiger partial charge on any atom is -0.496 e. The number of aromatic nitrogens is 2. The van der Waals surface area contributed by atoms with E-state index < -0.39 is 0 Å². The van der Waals surface area contributed by atoms with Gasteiger partial charge in [-0.05, 0) is 37.6 Å². The van der Waals surface area contributed by atoms with Gasteiger partial charge in [0, 0.05) is 23.1 Å². The highest BCUT2D eigenvalue weighted by atomic mass is 16.5. The first-order chi connectivity index (χ1) is 15.5. The SMILES string of the molecule is COc1ccccc1CNC(=O)Cn1nc(-c2cc(C)ccc2C)c2ccccc2c1=O. The van der Waals surface area contributed by atoms with Gasteiger partial charge >= 0.3 is 0 Å². The van der Waals surface area contributed by atoms with E-state index in [1.165, 1.54) is 4.68 Å². The largest absolute Gasteiger partial charge is 0.496 e. The Morgan fingerprint density at radius 2 is 1.72 bits per heavy atom. The summed E-state index contributed by atoms with van der Waals surface area (Å²) in [6.45, 7) is 4.17. The molecule has 0 saturated heterocycles. The molecule has 0 saturated carbocycles. The summed E-state index contributed by atoms with van der Waals surface area (Å²) < 4.78 is 6.58. The molecule has 4 rings (SSSR count). The number of para-hydroxylation sites is 1. The number of amides is 1. The van der Waals surface area contributed by atoms with Gasteiger partial charge in [0.15, 0.2) is 0 Å². The molecular formula is C26H25N3O3. The molecule has 0 aliphatic heterocycles. The number of hydrogen-bond donors (Lipinski definition) is 1. The van der Waals surface area contributed by atoms with Gasteiger partial charge in [0.05, 0.1) is 18.2 Å². The van der Waals surface area contributed by atoms with Gasteiger partial charge in [-0.15, -0.1) is 0 Å². The van der Waals surface area contributed by atoms with Gasteiger partial charge in [0.25, 0.3) is 5.56 Å². The van der Waals surface area contributed by atoms with Gasteiger partial charge < -0.3 is 10.1 Å². The average Bonchev–Trinajstić information content (AvgIpc) is 2.81. The van der Waals surface area contributed by atoms with Crippen molar-refractivity contribution in [3.8, 4) is 17.0 Å². The Morgan fingerprint density at radius 1 is 1.00 bits per heavy atom. The quantitative estimate of drug-likeness (QED) is 0.505. The second-order valence-electron chi connectivity index (χ2n) is 7.76. The summed E-state index contributed by atoms with van der Waals surface area (Å²) in [5.74, 6) is 0.402. The number of hydrogen-bond acceptors (Lipinski definition) is 4. The fraction of sp³-hybridized carbons (Fsp3) is 0.192. The predicted octanol–water partition coefficient (Wildman–Crippen LogP) is 4.01. The maximum Gasteiger partial charge on any atom is 0.275 e. The number of nitrogens with zero attached hydrogens (tertiary/aromatic N) is 2. The van der Waals surface area contributed by atoms with E-state index >= 15 is 0 Å². The number of fused-ring (bicyclic) bond motifs is 1. The highest BCUT2D eigenvalue weighted by Crippen LogP contribution is 2.28. The van der Waals surface area contributed by atoms with Crippen LogP contribution in [0.4, 0.5) is 0 Å². The highest BCUT2D eigenvalue weighted by molar-refractivity contribution is 5.94. The van der Waals surface area contributed by atoms with Gasteiger partial charge in [0.2, 0.25) is 5.91 Å². The molecule has 0 bridgehead atoms. The van der Waals surface area contributed by atoms with Crippen molar-refractivity contribution in [2.45, 2.75) is 26.9 Å². The molecule has 0 atom stereocenters. The molecule has 1 aromatic heterocycles. The van der Waals surface area contributed by atoms with E-state index in [-0.39, 0.29) is 18.0 Å². The van der Waals surface area contributed by atoms with Crippen LogP contribution >= 0.6 is 0 Å². The van der Waals surface area contributed by atoms with E-state index in [1.54, 1.807) is 13.2 Å². The smallest absolute Gasteiger partial charge is 0.275 e. The van der Waals surface area contributed by atoms with Gasteiger partial charge in [-0.1, -0.05) is 54.1 Å². The minimum atomic E-state index is -0.298. The summed E-state index contributed by atoms with van der Waals surface area (Å²) in [5.41, 5.74) is 4.37. The van der Waals surface area contributed by atoms with Crippen LogP contribution in [0.1, 0.15) is 16.7 Å². The molecule has 6 nitrogen and oxygen atoms in total. The van der Waals surface area contributed by atoms with E-state index in [9.17, 15) is 9.59 Å². The van der Waals surface area contributed by atoms with Crippen molar-refractivity contribution in [3.05, 3.63) is 93.8 Å². The Balaban J connectivity index is 1.68. The lowest BCUT2D eigenvalue weighted by Crippen LogP contribution is -2.33. The molecule has 3 aromatic carbocycles. The van der Waals surface area contributed by atoms with Crippen LogP contribution < -0.4 is 15.6 Å². The Kier molecular flexibility index (Phi) is 6.03. The van der Waals surface area contributed by atoms with Crippen molar-refractivity contribution in [1.29, 1.82) is 0 Å². The molecule has 162 valence electrons. The normalized spacial score (nSPS) is 10.8. The molecule has 32 heavy (non-hydrogen) atoms. The second kappa shape index (κ2) is 9.06. The number of carbonyl (C=O) groups excluding carboxylic acids is 1. The highest BCUT2D eigenvalue weighted by Gasteiger charge is 2.16. The topological polar surface area (TPSA) is 73.2 Å². The van der Waals surface area contributed by atoms with Crippen molar-refractivity contribution < 1.29 is 9.53 Å². The second-order valence-corrected chi connectivity index (χ2v) is 7.76. The zero-order valence-corrected chi connectivity index (χ0v) is 18.4. The summed E-state index contributed by atoms with van der Waals surface area (Å²) in [7, 11) is 1.59. The third-order valence-electron chi connectivity index (χ3n) is 5.48. The lowest BCUT2D eigenvalue weighted by atomic mass is 9.99. The molecule has 6 heteroatoms. The maximum atomic E-state index is 13.1. The lowest BCUT2D eigenvalue weighted by molar-refractivity contribution is -0.122. The van der Waals surface area contributed by atoms with Crippen LogP contribution in [0.2, 0.25) is 0 Å². The van der Waals surface area contributed by atoms with Crippen molar-refractivity contribution in [2.75, 3.05) is 7.11 Å². The van der Waals surface area contributed by atoms with Crippen molar-refractivity contribution in [3.63, 3.8) is 0 Å². The first kappa shape index (κ1) is 21.3. The van der Waals surface area contributed by atoms with Crippen LogP contribution in [-0.2, 0) is 17.9 Å². The van der Waals surface area contributed by atoms with Crippen LogP contribution in [0, 0.1) is 13.8 Å². The number of benzene rings is 3. The monoisotopic (exact) mass is 427 g/mol. The van der Waals surface area contributed by atoms with E-state index in [0.717, 1.165) is 27.6 Å². The van der Waals surface area contributed by atoms with Crippen molar-refractivity contribution in [2.24, 2.45) is 0 Å². The van der Waals surface area contributed by atoms with Gasteiger partial charge in [-0.2, -0.15) is 5.10 Å². The molecule has 1 heterocycles. The molecule has 0 radical (unpaired) electrons. The third kappa shape index (κ3) is 4.25. The van der Waals surface area contributed by atoms with Crippen molar-refractivity contribution in [1.82, 2.24) is 15.1 Å². The average molecular weight is 428 g/mol. The number of ether oxygens (including phenoxy) is 1. The third-order valence-corrected chi connectivity index (χ3v) is 5.48. The van der Waals surface area contributed by atoms with Crippen LogP contribution in [0.3, 0.4) is 0 Å².